The molecule has 0 saturated carbocycles. The number of nitrogens with zero attached hydrogens (tertiary/aromatic N) is 1. The Morgan fingerprint density at radius 1 is 1.53 bits per heavy atom. The van der Waals surface area contributed by atoms with Crippen LogP contribution in [0.15, 0.2) is 18.2 Å². The number of carbonyl (C=O) groups excluding carboxylic acids is 1. The Labute approximate surface area is 119 Å². The quantitative estimate of drug-likeness (QED) is 0.810. The first-order valence-electron chi connectivity index (χ1n) is 6.25. The zero-order valence-electron chi connectivity index (χ0n) is 11.5. The van der Waals surface area contributed by atoms with Gasteiger partial charge in [0.2, 0.25) is 0 Å². The lowest BCUT2D eigenvalue weighted by Gasteiger charge is -2.24. The Morgan fingerprint density at radius 3 is 2.68 bits per heavy atom. The fraction of sp³-hybridized carbons (Fsp3) is 0.429. The van der Waals surface area contributed by atoms with E-state index in [2.05, 4.69) is 0 Å². The molecule has 0 bridgehead atoms. The smallest absolute Gasteiger partial charge is 0.257 e. The van der Waals surface area contributed by atoms with Crippen LogP contribution in [0.25, 0.3) is 0 Å². The minimum atomic E-state index is -0.202. The molecule has 3 N–H and O–H groups in total. The largest absolute Gasteiger partial charge is 0.507 e. The number of aryl methyl sites for hydroxylation is 1. The molecule has 0 aliphatic rings. The molecule has 4 nitrogen and oxygen atoms in total. The molecule has 0 heterocycles. The molecule has 19 heavy (non-hydrogen) atoms. The van der Waals surface area contributed by atoms with Crippen LogP contribution in [-0.2, 0) is 0 Å². The van der Waals surface area contributed by atoms with Gasteiger partial charge >= 0.3 is 0 Å². The Hall–Kier alpha value is -1.62. The van der Waals surface area contributed by atoms with E-state index in [1.807, 2.05) is 13.8 Å². The highest BCUT2D eigenvalue weighted by atomic mass is 32.1. The number of rotatable bonds is 5. The third-order valence-corrected chi connectivity index (χ3v) is 3.52. The maximum atomic E-state index is 12.4. The molecule has 1 atom stereocenters. The molecule has 1 amide bonds. The fourth-order valence-electron chi connectivity index (χ4n) is 1.78. The molecule has 1 aromatic rings. The highest BCUT2D eigenvalue weighted by Crippen LogP contribution is 2.23. The molecule has 0 aliphatic carbocycles. The lowest BCUT2D eigenvalue weighted by atomic mass is 10.1. The third-order valence-electron chi connectivity index (χ3n) is 3.12. The topological polar surface area (TPSA) is 66.6 Å². The standard InChI is InChI=1S/C14H20N2O2S/c1-4-16(8-10(3)13(15)19)14(18)11-7-5-6-9(2)12(11)17/h5-7,10,17H,4,8H2,1-3H3,(H2,15,19). The predicted molar refractivity (Wildman–Crippen MR) is 80.4 cm³/mol. The van der Waals surface area contributed by atoms with E-state index in [0.717, 1.165) is 0 Å². The summed E-state index contributed by atoms with van der Waals surface area (Å²) in [5, 5.41) is 9.96. The molecule has 0 aromatic heterocycles. The summed E-state index contributed by atoms with van der Waals surface area (Å²) in [6, 6.07) is 5.14. The number of hydrogen-bond donors (Lipinski definition) is 2. The summed E-state index contributed by atoms with van der Waals surface area (Å²) < 4.78 is 0. The van der Waals surface area contributed by atoms with Crippen LogP contribution in [0.5, 0.6) is 5.75 Å². The number of aromatic hydroxyl groups is 1. The average Bonchev–Trinajstić information content (AvgIpc) is 2.38. The summed E-state index contributed by atoms with van der Waals surface area (Å²) in [4.78, 5) is 14.4. The van der Waals surface area contributed by atoms with Crippen LogP contribution in [0, 0.1) is 12.8 Å². The van der Waals surface area contributed by atoms with Crippen LogP contribution in [-0.4, -0.2) is 34.0 Å². The van der Waals surface area contributed by atoms with Crippen LogP contribution >= 0.6 is 12.2 Å². The van der Waals surface area contributed by atoms with Gasteiger partial charge in [-0.2, -0.15) is 0 Å². The van der Waals surface area contributed by atoms with Crippen molar-refractivity contribution in [1.82, 2.24) is 4.90 Å². The van der Waals surface area contributed by atoms with Gasteiger partial charge in [-0.3, -0.25) is 4.79 Å². The highest BCUT2D eigenvalue weighted by Gasteiger charge is 2.20. The van der Waals surface area contributed by atoms with E-state index in [1.54, 1.807) is 30.0 Å². The number of hydrogen-bond acceptors (Lipinski definition) is 3. The van der Waals surface area contributed by atoms with E-state index >= 15 is 0 Å². The zero-order valence-corrected chi connectivity index (χ0v) is 12.3. The van der Waals surface area contributed by atoms with Crippen molar-refractivity contribution < 1.29 is 9.90 Å². The van der Waals surface area contributed by atoms with Gasteiger partial charge in [-0.1, -0.05) is 31.3 Å². The van der Waals surface area contributed by atoms with Crippen molar-refractivity contribution >= 4 is 23.1 Å². The van der Waals surface area contributed by atoms with Gasteiger partial charge in [0, 0.05) is 19.0 Å². The van der Waals surface area contributed by atoms with Crippen LogP contribution < -0.4 is 5.73 Å². The molecule has 1 rings (SSSR count). The number of nitrogens with two attached hydrogens (primary N) is 1. The zero-order chi connectivity index (χ0) is 14.6. The molecule has 5 heteroatoms. The van der Waals surface area contributed by atoms with Gasteiger partial charge in [0.15, 0.2) is 0 Å². The van der Waals surface area contributed by atoms with Crippen molar-refractivity contribution in [3.8, 4) is 5.75 Å². The van der Waals surface area contributed by atoms with E-state index in [9.17, 15) is 9.90 Å². The number of thiocarbonyl (C=S) groups is 1. The summed E-state index contributed by atoms with van der Waals surface area (Å²) in [5.41, 5.74) is 6.58. The summed E-state index contributed by atoms with van der Waals surface area (Å²) in [5.74, 6) is -0.216. The molecule has 1 unspecified atom stereocenters. The molecule has 0 aliphatic heterocycles. The van der Waals surface area contributed by atoms with Crippen LogP contribution in [0.1, 0.15) is 29.8 Å². The van der Waals surface area contributed by atoms with E-state index in [-0.39, 0.29) is 17.6 Å². The van der Waals surface area contributed by atoms with E-state index in [4.69, 9.17) is 18.0 Å². The molecule has 0 spiro atoms. The van der Waals surface area contributed by atoms with Crippen LogP contribution in [0.2, 0.25) is 0 Å². The van der Waals surface area contributed by atoms with Gasteiger partial charge in [-0.25, -0.2) is 0 Å². The molecule has 0 radical (unpaired) electrons. The number of phenolic OH excluding ortho intramolecular Hbond substituents is 1. The predicted octanol–water partition coefficient (Wildman–Crippen LogP) is 2.08. The van der Waals surface area contributed by atoms with E-state index < -0.39 is 0 Å². The van der Waals surface area contributed by atoms with Crippen molar-refractivity contribution in [3.05, 3.63) is 29.3 Å². The lowest BCUT2D eigenvalue weighted by molar-refractivity contribution is 0.0751. The maximum absolute atomic E-state index is 12.4. The third kappa shape index (κ3) is 3.67. The first kappa shape index (κ1) is 15.4. The van der Waals surface area contributed by atoms with Crippen molar-refractivity contribution in [2.24, 2.45) is 11.7 Å². The molecular formula is C14H20N2O2S. The van der Waals surface area contributed by atoms with Gasteiger partial charge in [-0.05, 0) is 25.5 Å². The molecule has 1 aromatic carbocycles. The van der Waals surface area contributed by atoms with Crippen LogP contribution in [0.3, 0.4) is 0 Å². The van der Waals surface area contributed by atoms with Crippen molar-refractivity contribution in [3.63, 3.8) is 0 Å². The second-order valence-electron chi connectivity index (χ2n) is 4.62. The average molecular weight is 280 g/mol. The second-order valence-corrected chi connectivity index (χ2v) is 5.09. The van der Waals surface area contributed by atoms with Crippen molar-refractivity contribution in [2.45, 2.75) is 20.8 Å². The Balaban J connectivity index is 2.96. The first-order valence-corrected chi connectivity index (χ1v) is 6.66. The fourth-order valence-corrected chi connectivity index (χ4v) is 1.85. The van der Waals surface area contributed by atoms with E-state index in [1.165, 1.54) is 0 Å². The summed E-state index contributed by atoms with van der Waals surface area (Å²) in [7, 11) is 0. The second kappa shape index (κ2) is 6.52. The molecule has 0 fully saturated rings. The summed E-state index contributed by atoms with van der Waals surface area (Å²) >= 11 is 4.92. The van der Waals surface area contributed by atoms with Gasteiger partial charge < -0.3 is 15.7 Å². The highest BCUT2D eigenvalue weighted by molar-refractivity contribution is 7.80. The Morgan fingerprint density at radius 2 is 2.16 bits per heavy atom. The SMILES string of the molecule is CCN(CC(C)C(N)=S)C(=O)c1cccc(C)c1O. The van der Waals surface area contributed by atoms with Crippen LogP contribution in [0.4, 0.5) is 0 Å². The van der Waals surface area contributed by atoms with Crippen molar-refractivity contribution in [2.75, 3.05) is 13.1 Å². The van der Waals surface area contributed by atoms with E-state index in [0.29, 0.717) is 29.2 Å². The number of amides is 1. The van der Waals surface area contributed by atoms with Gasteiger partial charge in [-0.15, -0.1) is 0 Å². The minimum absolute atomic E-state index is 0.0360. The number of para-hydroxylation sites is 1. The van der Waals surface area contributed by atoms with Gasteiger partial charge in [0.25, 0.3) is 5.91 Å². The summed E-state index contributed by atoms with van der Waals surface area (Å²) in [6.45, 7) is 6.53. The Bertz CT molecular complexity index is 488. The lowest BCUT2D eigenvalue weighted by Crippen LogP contribution is -2.38. The molecule has 104 valence electrons. The number of carbonyl (C=O) groups is 1. The molecule has 0 saturated heterocycles. The minimum Gasteiger partial charge on any atom is -0.507 e. The maximum Gasteiger partial charge on any atom is 0.257 e. The summed E-state index contributed by atoms with van der Waals surface area (Å²) in [6.07, 6.45) is 0. The van der Waals surface area contributed by atoms with Gasteiger partial charge in [0.1, 0.15) is 5.75 Å². The van der Waals surface area contributed by atoms with Crippen molar-refractivity contribution in [1.29, 1.82) is 0 Å². The number of benzene rings is 1. The number of phenols is 1. The molecular weight excluding hydrogens is 260 g/mol. The Kier molecular flexibility index (Phi) is 5.30. The normalized spacial score (nSPS) is 11.9. The first-order chi connectivity index (χ1) is 8.88. The van der Waals surface area contributed by atoms with Gasteiger partial charge in [0.05, 0.1) is 10.6 Å². The monoisotopic (exact) mass is 280 g/mol.